The largest absolute Gasteiger partial charge is 0.310 e. The van der Waals surface area contributed by atoms with Crippen molar-refractivity contribution in [1.82, 2.24) is 0 Å². The first-order chi connectivity index (χ1) is 38.2. The summed E-state index contributed by atoms with van der Waals surface area (Å²) >= 11 is 1.88. The molecule has 1 spiro atoms. The molecule has 12 aromatic carbocycles. The van der Waals surface area contributed by atoms with E-state index in [1.165, 1.54) is 109 Å². The lowest BCUT2D eigenvalue weighted by atomic mass is 9.64. The van der Waals surface area contributed by atoms with Gasteiger partial charge in [-0.25, -0.2) is 0 Å². The van der Waals surface area contributed by atoms with Gasteiger partial charge in [0.25, 0.3) is 0 Å². The molecule has 3 aliphatic rings. The summed E-state index contributed by atoms with van der Waals surface area (Å²) in [7, 11) is 0. The topological polar surface area (TPSA) is 6.48 Å². The van der Waals surface area contributed by atoms with E-state index in [1.54, 1.807) is 0 Å². The Morgan fingerprint density at radius 3 is 1.57 bits per heavy atom. The van der Waals surface area contributed by atoms with Gasteiger partial charge in [-0.15, -0.1) is 11.3 Å². The van der Waals surface area contributed by atoms with Crippen molar-refractivity contribution in [2.45, 2.75) is 10.8 Å². The molecule has 0 N–H and O–H groups in total. The number of para-hydroxylation sites is 3. The number of hydrogen-bond acceptors (Lipinski definition) is 3. The van der Waals surface area contributed by atoms with Crippen molar-refractivity contribution < 1.29 is 0 Å². The van der Waals surface area contributed by atoms with E-state index in [0.717, 1.165) is 22.7 Å². The minimum Gasteiger partial charge on any atom is -0.310 e. The first-order valence-corrected chi connectivity index (χ1v) is 27.5. The number of anilines is 6. The minimum atomic E-state index is -0.625. The maximum Gasteiger partial charge on any atom is 0.0755 e. The molecule has 16 rings (SSSR count). The van der Waals surface area contributed by atoms with E-state index >= 15 is 0 Å². The Morgan fingerprint density at radius 1 is 0.325 bits per heavy atom. The van der Waals surface area contributed by atoms with E-state index in [-0.39, 0.29) is 0 Å². The SMILES string of the molecule is c1ccc(N2c3ccccc3C3(c4ccccc4-c4c(N(c5cccc(-c6cccc7c6sc6ccccc67)c5)c5ccc6c(c5)C(c5ccccc5)(c5ccccc5)c5ccccc5-6)cccc43)c3ccccc32)cc1. The van der Waals surface area contributed by atoms with Crippen LogP contribution in [0.2, 0.25) is 0 Å². The maximum absolute atomic E-state index is 2.57. The minimum absolute atomic E-state index is 0.579. The Morgan fingerprint density at radius 2 is 0.844 bits per heavy atom. The summed E-state index contributed by atoms with van der Waals surface area (Å²) in [6, 6.07) is 109. The second-order valence-electron chi connectivity index (χ2n) is 20.6. The quantitative estimate of drug-likeness (QED) is 0.157. The zero-order chi connectivity index (χ0) is 50.7. The molecule has 0 atom stereocenters. The highest BCUT2D eigenvalue weighted by atomic mass is 32.1. The van der Waals surface area contributed by atoms with Gasteiger partial charge in [0.05, 0.1) is 27.9 Å². The Kier molecular flexibility index (Phi) is 9.67. The fourth-order valence-electron chi connectivity index (χ4n) is 14.0. The summed E-state index contributed by atoms with van der Waals surface area (Å²) in [5.74, 6) is 0. The van der Waals surface area contributed by atoms with E-state index in [4.69, 9.17) is 0 Å². The van der Waals surface area contributed by atoms with Crippen molar-refractivity contribution in [3.63, 3.8) is 0 Å². The van der Waals surface area contributed by atoms with Gasteiger partial charge < -0.3 is 9.80 Å². The third kappa shape index (κ3) is 6.12. The van der Waals surface area contributed by atoms with Gasteiger partial charge in [-0.2, -0.15) is 0 Å². The van der Waals surface area contributed by atoms with Crippen molar-refractivity contribution >= 4 is 65.6 Å². The molecule has 0 unspecified atom stereocenters. The molecule has 0 saturated carbocycles. The monoisotopic (exact) mass is 996 g/mol. The smallest absolute Gasteiger partial charge is 0.0755 e. The van der Waals surface area contributed by atoms with Crippen molar-refractivity contribution in [2.75, 3.05) is 9.80 Å². The average Bonchev–Trinajstić information content (AvgIpc) is 4.36. The van der Waals surface area contributed by atoms with Gasteiger partial charge in [0.2, 0.25) is 0 Å². The highest BCUT2D eigenvalue weighted by Crippen LogP contribution is 2.66. The molecule has 2 nitrogen and oxygen atoms in total. The first kappa shape index (κ1) is 43.8. The lowest BCUT2D eigenvalue weighted by molar-refractivity contribution is 0.752. The third-order valence-corrected chi connectivity index (χ3v) is 18.1. The molecule has 1 aliphatic heterocycles. The number of benzene rings is 12. The molecular formula is C74H48N2S. The molecule has 0 amide bonds. The summed E-state index contributed by atoms with van der Waals surface area (Å²) in [6.07, 6.45) is 0. The Hall–Kier alpha value is -9.54. The van der Waals surface area contributed by atoms with Gasteiger partial charge in [-0.1, -0.05) is 231 Å². The van der Waals surface area contributed by atoms with E-state index in [1.807, 2.05) is 11.3 Å². The van der Waals surface area contributed by atoms with Crippen LogP contribution in [-0.2, 0) is 10.8 Å². The summed E-state index contributed by atoms with van der Waals surface area (Å²) in [5.41, 5.74) is 23.2. The van der Waals surface area contributed by atoms with E-state index < -0.39 is 10.8 Å². The fraction of sp³-hybridized carbons (Fsp3) is 0.0270. The Balaban J connectivity index is 0.990. The van der Waals surface area contributed by atoms with Crippen LogP contribution in [0.25, 0.3) is 53.6 Å². The lowest BCUT2D eigenvalue weighted by Gasteiger charge is -2.45. The molecule has 2 heterocycles. The van der Waals surface area contributed by atoms with Crippen LogP contribution >= 0.6 is 11.3 Å². The van der Waals surface area contributed by atoms with Crippen LogP contribution in [-0.4, -0.2) is 0 Å². The van der Waals surface area contributed by atoms with Crippen LogP contribution in [0.1, 0.15) is 44.5 Å². The number of rotatable bonds is 7. The predicted molar refractivity (Wildman–Crippen MR) is 322 cm³/mol. The molecule has 77 heavy (non-hydrogen) atoms. The molecule has 0 radical (unpaired) electrons. The number of thiophene rings is 1. The summed E-state index contributed by atoms with van der Waals surface area (Å²) in [4.78, 5) is 5.04. The molecule has 3 heteroatoms. The van der Waals surface area contributed by atoms with Gasteiger partial charge in [-0.3, -0.25) is 0 Å². The zero-order valence-corrected chi connectivity index (χ0v) is 42.8. The van der Waals surface area contributed by atoms with E-state index in [9.17, 15) is 0 Å². The molecule has 1 aromatic heterocycles. The molecule has 0 fully saturated rings. The van der Waals surface area contributed by atoms with Gasteiger partial charge in [0.1, 0.15) is 0 Å². The highest BCUT2D eigenvalue weighted by Gasteiger charge is 2.53. The second kappa shape index (κ2) is 17.0. The third-order valence-electron chi connectivity index (χ3n) is 16.9. The number of fused-ring (bicyclic) bond motifs is 15. The van der Waals surface area contributed by atoms with Gasteiger partial charge in [-0.05, 0) is 133 Å². The normalized spacial score (nSPS) is 13.9. The summed E-state index contributed by atoms with van der Waals surface area (Å²) < 4.78 is 2.61. The molecular weight excluding hydrogens is 949 g/mol. The van der Waals surface area contributed by atoms with Crippen LogP contribution in [0, 0.1) is 0 Å². The average molecular weight is 997 g/mol. The van der Waals surface area contributed by atoms with Gasteiger partial charge in [0.15, 0.2) is 0 Å². The molecule has 2 aliphatic carbocycles. The molecule has 13 aromatic rings. The predicted octanol–water partition coefficient (Wildman–Crippen LogP) is 19.7. The lowest BCUT2D eigenvalue weighted by Crippen LogP contribution is -2.36. The number of nitrogens with zero attached hydrogens (tertiary/aromatic N) is 2. The van der Waals surface area contributed by atoms with Gasteiger partial charge >= 0.3 is 0 Å². The van der Waals surface area contributed by atoms with Crippen LogP contribution in [0.15, 0.2) is 291 Å². The van der Waals surface area contributed by atoms with Crippen LogP contribution < -0.4 is 9.80 Å². The fourth-order valence-corrected chi connectivity index (χ4v) is 15.2. The van der Waals surface area contributed by atoms with Crippen LogP contribution in [0.4, 0.5) is 34.1 Å². The Labute approximate surface area is 452 Å². The molecule has 0 bridgehead atoms. The number of hydrogen-bond donors (Lipinski definition) is 0. The van der Waals surface area contributed by atoms with Crippen molar-refractivity contribution in [3.05, 3.63) is 336 Å². The van der Waals surface area contributed by atoms with Crippen LogP contribution in [0.5, 0.6) is 0 Å². The van der Waals surface area contributed by atoms with Crippen LogP contribution in [0.3, 0.4) is 0 Å². The summed E-state index contributed by atoms with van der Waals surface area (Å²) in [6.45, 7) is 0. The second-order valence-corrected chi connectivity index (χ2v) is 21.7. The zero-order valence-electron chi connectivity index (χ0n) is 42.0. The Bertz CT molecular complexity index is 4390. The molecule has 360 valence electrons. The van der Waals surface area contributed by atoms with E-state index in [0.29, 0.717) is 0 Å². The summed E-state index contributed by atoms with van der Waals surface area (Å²) in [5, 5.41) is 2.60. The van der Waals surface area contributed by atoms with Crippen molar-refractivity contribution in [3.8, 4) is 33.4 Å². The standard InChI is InChI=1S/C74H48N2S/c1-4-24-50(25-5-1)73(51-26-6-2-7-27-51)61-36-13-10-31-56(61)57-46-45-54(48-66(57)73)75(53-30-20-23-49(47-53)55-34-21-35-59-58-32-12-19-44-70(58)77-72(55)59)69-43-22-40-65-71(69)60-33-11-14-37-62(60)74(65)63-38-15-17-41-67(63)76(52-28-8-3-9-29-52)68-42-18-16-39-64(68)74/h1-48H. The van der Waals surface area contributed by atoms with Crippen molar-refractivity contribution in [1.29, 1.82) is 0 Å². The van der Waals surface area contributed by atoms with Gasteiger partial charge in [0, 0.05) is 42.8 Å². The molecule has 0 saturated heterocycles. The first-order valence-electron chi connectivity index (χ1n) is 26.7. The van der Waals surface area contributed by atoms with Crippen molar-refractivity contribution in [2.24, 2.45) is 0 Å². The maximum atomic E-state index is 2.57. The van der Waals surface area contributed by atoms with E-state index in [2.05, 4.69) is 301 Å². The highest BCUT2D eigenvalue weighted by molar-refractivity contribution is 7.26.